The number of halogens is 1. The Morgan fingerprint density at radius 1 is 1.07 bits per heavy atom. The minimum Gasteiger partial charge on any atom is -0.420 e. The summed E-state index contributed by atoms with van der Waals surface area (Å²) < 4.78 is 45.8. The molecule has 0 amide bonds. The van der Waals surface area contributed by atoms with E-state index in [1.165, 1.54) is 21.8 Å². The summed E-state index contributed by atoms with van der Waals surface area (Å²) in [6.07, 6.45) is 3.06. The second kappa shape index (κ2) is 8.26. The fourth-order valence-electron chi connectivity index (χ4n) is 3.30. The highest BCUT2D eigenvalue weighted by Crippen LogP contribution is 2.30. The molecule has 1 aromatic heterocycles. The third kappa shape index (κ3) is 4.60. The monoisotopic (exact) mass is 413 g/mol. The van der Waals surface area contributed by atoms with Crippen molar-refractivity contribution in [3.63, 3.8) is 0 Å². The van der Waals surface area contributed by atoms with Gasteiger partial charge < -0.3 is 4.42 Å². The van der Waals surface area contributed by atoms with E-state index in [1.807, 2.05) is 30.3 Å². The largest absolute Gasteiger partial charge is 0.420 e. The number of hydrogen-bond donors (Lipinski definition) is 0. The number of sulfonamides is 1. The first kappa shape index (κ1) is 19.5. The molecule has 0 saturated carbocycles. The molecule has 1 aliphatic rings. The second-order valence-electron chi connectivity index (χ2n) is 6.91. The predicted molar refractivity (Wildman–Crippen MR) is 108 cm³/mol. The number of benzene rings is 2. The van der Waals surface area contributed by atoms with Gasteiger partial charge >= 0.3 is 0 Å². The number of piperidine rings is 1. The first-order valence-electron chi connectivity index (χ1n) is 9.34. The van der Waals surface area contributed by atoms with Gasteiger partial charge in [0.1, 0.15) is 5.82 Å². The summed E-state index contributed by atoms with van der Waals surface area (Å²) in [6.45, 7) is 0.740. The summed E-state index contributed by atoms with van der Waals surface area (Å²) in [6, 6.07) is 15.1. The molecule has 0 aliphatic carbocycles. The van der Waals surface area contributed by atoms with Crippen molar-refractivity contribution < 1.29 is 17.2 Å². The zero-order valence-electron chi connectivity index (χ0n) is 15.6. The summed E-state index contributed by atoms with van der Waals surface area (Å²) in [5.41, 5.74) is 1.45. The zero-order chi connectivity index (χ0) is 20.3. The van der Waals surface area contributed by atoms with Crippen LogP contribution in [0.4, 0.5) is 4.39 Å². The van der Waals surface area contributed by atoms with Gasteiger partial charge in [0.2, 0.25) is 21.8 Å². The Kier molecular flexibility index (Phi) is 5.55. The molecule has 1 aliphatic heterocycles. The number of nitrogens with zero attached hydrogens (tertiary/aromatic N) is 3. The van der Waals surface area contributed by atoms with Gasteiger partial charge in [-0.1, -0.05) is 30.3 Å². The minimum atomic E-state index is -3.55. The van der Waals surface area contributed by atoms with E-state index in [4.69, 9.17) is 4.42 Å². The van der Waals surface area contributed by atoms with E-state index in [-0.39, 0.29) is 18.3 Å². The molecular formula is C21H20FN3O3S. The van der Waals surface area contributed by atoms with E-state index in [1.54, 1.807) is 18.2 Å². The van der Waals surface area contributed by atoms with E-state index in [2.05, 4.69) is 10.2 Å². The molecule has 0 N–H and O–H groups in total. The quantitative estimate of drug-likeness (QED) is 0.631. The first-order valence-corrected chi connectivity index (χ1v) is 10.8. The lowest BCUT2D eigenvalue weighted by molar-refractivity contribution is 0.288. The highest BCUT2D eigenvalue weighted by molar-refractivity contribution is 7.92. The summed E-state index contributed by atoms with van der Waals surface area (Å²) in [4.78, 5) is 0. The number of hydrogen-bond acceptors (Lipinski definition) is 5. The SMILES string of the molecule is O=S(=O)(/C=C/c1ccccc1)N1CCCC(c2nnc(-c3ccc(F)cc3)o2)C1. The van der Waals surface area contributed by atoms with Gasteiger partial charge in [-0.15, -0.1) is 10.2 Å². The lowest BCUT2D eigenvalue weighted by Crippen LogP contribution is -2.38. The predicted octanol–water partition coefficient (Wildman–Crippen LogP) is 4.06. The molecule has 0 spiro atoms. The Bertz CT molecular complexity index is 1100. The van der Waals surface area contributed by atoms with Crippen molar-refractivity contribution in [3.05, 3.63) is 77.3 Å². The third-order valence-electron chi connectivity index (χ3n) is 4.86. The molecule has 1 saturated heterocycles. The van der Waals surface area contributed by atoms with Gasteiger partial charge in [0.15, 0.2) is 0 Å². The molecule has 4 rings (SSSR count). The molecule has 1 atom stereocenters. The van der Waals surface area contributed by atoms with Crippen molar-refractivity contribution in [2.24, 2.45) is 0 Å². The standard InChI is InChI=1S/C21H20FN3O3S/c22-19-10-8-17(9-11-19)20-23-24-21(28-20)18-7-4-13-25(15-18)29(26,27)14-12-16-5-2-1-3-6-16/h1-3,5-6,8-12,14,18H,4,7,13,15H2/b14-12+. The Labute approximate surface area is 168 Å². The van der Waals surface area contributed by atoms with Crippen LogP contribution in [0.2, 0.25) is 0 Å². The van der Waals surface area contributed by atoms with Gasteiger partial charge in [0.25, 0.3) is 0 Å². The Morgan fingerprint density at radius 2 is 1.83 bits per heavy atom. The Balaban J connectivity index is 1.48. The average molecular weight is 413 g/mol. The maximum Gasteiger partial charge on any atom is 0.247 e. The number of aromatic nitrogens is 2. The molecule has 2 heterocycles. The lowest BCUT2D eigenvalue weighted by atomic mass is 10.00. The topological polar surface area (TPSA) is 76.3 Å². The molecule has 3 aromatic rings. The van der Waals surface area contributed by atoms with Gasteiger partial charge in [0, 0.05) is 24.1 Å². The Morgan fingerprint density at radius 3 is 2.59 bits per heavy atom. The van der Waals surface area contributed by atoms with Gasteiger partial charge in [-0.2, -0.15) is 4.31 Å². The maximum atomic E-state index is 13.1. The average Bonchev–Trinajstić information content (AvgIpc) is 3.24. The number of rotatable bonds is 5. The van der Waals surface area contributed by atoms with E-state index >= 15 is 0 Å². The van der Waals surface area contributed by atoms with Crippen molar-refractivity contribution in [1.82, 2.24) is 14.5 Å². The Hall–Kier alpha value is -2.84. The molecule has 29 heavy (non-hydrogen) atoms. The van der Waals surface area contributed by atoms with Crippen LogP contribution in [0, 0.1) is 5.82 Å². The summed E-state index contributed by atoms with van der Waals surface area (Å²) >= 11 is 0. The first-order chi connectivity index (χ1) is 14.0. The molecular weight excluding hydrogens is 393 g/mol. The van der Waals surface area contributed by atoms with Crippen LogP contribution in [-0.2, 0) is 10.0 Å². The van der Waals surface area contributed by atoms with Crippen LogP contribution in [0.1, 0.15) is 30.2 Å². The van der Waals surface area contributed by atoms with Gasteiger partial charge in [-0.05, 0) is 48.7 Å². The molecule has 0 radical (unpaired) electrons. The minimum absolute atomic E-state index is 0.176. The van der Waals surface area contributed by atoms with Crippen LogP contribution in [0.5, 0.6) is 0 Å². The maximum absolute atomic E-state index is 13.1. The van der Waals surface area contributed by atoms with Crippen molar-refractivity contribution in [2.45, 2.75) is 18.8 Å². The van der Waals surface area contributed by atoms with E-state index in [0.717, 1.165) is 12.0 Å². The van der Waals surface area contributed by atoms with Crippen LogP contribution in [0.15, 0.2) is 64.4 Å². The summed E-state index contributed by atoms with van der Waals surface area (Å²) in [7, 11) is -3.55. The van der Waals surface area contributed by atoms with Crippen molar-refractivity contribution >= 4 is 16.1 Å². The van der Waals surface area contributed by atoms with Gasteiger partial charge in [0.05, 0.1) is 5.92 Å². The van der Waals surface area contributed by atoms with Crippen LogP contribution in [-0.4, -0.2) is 36.0 Å². The second-order valence-corrected chi connectivity index (χ2v) is 8.73. The molecule has 2 aromatic carbocycles. The van der Waals surface area contributed by atoms with Gasteiger partial charge in [-0.25, -0.2) is 12.8 Å². The van der Waals surface area contributed by atoms with Crippen LogP contribution in [0.3, 0.4) is 0 Å². The highest BCUT2D eigenvalue weighted by Gasteiger charge is 2.31. The van der Waals surface area contributed by atoms with Crippen LogP contribution >= 0.6 is 0 Å². The van der Waals surface area contributed by atoms with Crippen molar-refractivity contribution in [1.29, 1.82) is 0 Å². The fraction of sp³-hybridized carbons (Fsp3) is 0.238. The van der Waals surface area contributed by atoms with E-state index < -0.39 is 10.0 Å². The fourth-order valence-corrected chi connectivity index (χ4v) is 4.57. The summed E-state index contributed by atoms with van der Waals surface area (Å²) in [5.74, 6) is 0.177. The highest BCUT2D eigenvalue weighted by atomic mass is 32.2. The van der Waals surface area contributed by atoms with Crippen LogP contribution < -0.4 is 0 Å². The molecule has 1 fully saturated rings. The molecule has 8 heteroatoms. The van der Waals surface area contributed by atoms with Crippen molar-refractivity contribution in [2.75, 3.05) is 13.1 Å². The third-order valence-corrected chi connectivity index (χ3v) is 6.39. The smallest absolute Gasteiger partial charge is 0.247 e. The lowest BCUT2D eigenvalue weighted by Gasteiger charge is -2.29. The van der Waals surface area contributed by atoms with Crippen molar-refractivity contribution in [3.8, 4) is 11.5 Å². The molecule has 0 bridgehead atoms. The van der Waals surface area contributed by atoms with Gasteiger partial charge in [-0.3, -0.25) is 0 Å². The van der Waals surface area contributed by atoms with E-state index in [9.17, 15) is 12.8 Å². The summed E-state index contributed by atoms with van der Waals surface area (Å²) in [5, 5.41) is 9.37. The molecule has 6 nitrogen and oxygen atoms in total. The molecule has 150 valence electrons. The van der Waals surface area contributed by atoms with Crippen LogP contribution in [0.25, 0.3) is 17.5 Å². The zero-order valence-corrected chi connectivity index (χ0v) is 16.4. The van der Waals surface area contributed by atoms with E-state index in [0.29, 0.717) is 30.3 Å². The molecule has 1 unspecified atom stereocenters. The normalized spacial score (nSPS) is 18.3.